The summed E-state index contributed by atoms with van der Waals surface area (Å²) in [6, 6.07) is 31.0. The number of phenols is 1. The van der Waals surface area contributed by atoms with Crippen LogP contribution in [0.25, 0.3) is 16.7 Å². The summed E-state index contributed by atoms with van der Waals surface area (Å²) < 4.78 is 0. The Hall–Kier alpha value is -3.92. The summed E-state index contributed by atoms with van der Waals surface area (Å²) in [7, 11) is 0. The first kappa shape index (κ1) is 22.9. The van der Waals surface area contributed by atoms with Gasteiger partial charge in [0, 0.05) is 16.4 Å². The summed E-state index contributed by atoms with van der Waals surface area (Å²) in [6.07, 6.45) is 0. The van der Waals surface area contributed by atoms with Crippen molar-refractivity contribution < 1.29 is 5.11 Å². The van der Waals surface area contributed by atoms with Crippen molar-refractivity contribution in [2.45, 2.75) is 45.4 Å². The van der Waals surface area contributed by atoms with Gasteiger partial charge in [-0.2, -0.15) is 0 Å². The van der Waals surface area contributed by atoms with E-state index in [1.165, 1.54) is 5.56 Å². The second kappa shape index (κ2) is 8.38. The summed E-state index contributed by atoms with van der Waals surface area (Å²) >= 11 is 0. The zero-order chi connectivity index (χ0) is 24.8. The lowest BCUT2D eigenvalue weighted by molar-refractivity contribution is 0.445. The molecule has 5 aromatic rings. The van der Waals surface area contributed by atoms with E-state index < -0.39 is 5.41 Å². The minimum absolute atomic E-state index is 0.198. The molecule has 4 heteroatoms. The van der Waals surface area contributed by atoms with Crippen LogP contribution in [0.3, 0.4) is 0 Å². The Morgan fingerprint density at radius 2 is 1.20 bits per heavy atom. The molecule has 1 N–H and O–H groups in total. The number of rotatable bonds is 5. The Bertz CT molecular complexity index is 1500. The van der Waals surface area contributed by atoms with Gasteiger partial charge in [-0.3, -0.25) is 0 Å². The first-order valence-electron chi connectivity index (χ1n) is 12.0. The number of hydrogen-bond acceptors (Lipinski definition) is 3. The van der Waals surface area contributed by atoms with Gasteiger partial charge >= 0.3 is 0 Å². The number of aryl methyl sites for hydroxylation is 1. The van der Waals surface area contributed by atoms with Crippen LogP contribution in [0, 0.1) is 6.92 Å². The third kappa shape index (κ3) is 3.99. The SMILES string of the molecule is Cc1ccc2nn(-c3cc(C(C)(C)c4ccccc4)cc(C(C)(C)c4ccccc4)c3O)nc2c1. The number of phenolic OH excluding ortho intramolecular Hbond substituents is 1. The zero-order valence-electron chi connectivity index (χ0n) is 20.9. The van der Waals surface area contributed by atoms with Crippen molar-refractivity contribution in [2.24, 2.45) is 0 Å². The molecule has 1 heterocycles. The van der Waals surface area contributed by atoms with Crippen molar-refractivity contribution >= 4 is 11.0 Å². The third-order valence-electron chi connectivity index (χ3n) is 7.23. The van der Waals surface area contributed by atoms with Gasteiger partial charge in [0.25, 0.3) is 0 Å². The van der Waals surface area contributed by atoms with Gasteiger partial charge in [-0.1, -0.05) is 100 Å². The highest BCUT2D eigenvalue weighted by Crippen LogP contribution is 2.43. The van der Waals surface area contributed by atoms with Gasteiger partial charge < -0.3 is 5.11 Å². The van der Waals surface area contributed by atoms with Gasteiger partial charge in [-0.25, -0.2) is 0 Å². The van der Waals surface area contributed by atoms with Crippen LogP contribution < -0.4 is 0 Å². The molecule has 0 aliphatic carbocycles. The van der Waals surface area contributed by atoms with Gasteiger partial charge in [0.15, 0.2) is 0 Å². The van der Waals surface area contributed by atoms with Gasteiger partial charge in [0.2, 0.25) is 0 Å². The molecule has 0 aliphatic heterocycles. The molecule has 0 saturated heterocycles. The standard InChI is InChI=1S/C31H31N3O/c1-21-16-17-26-27(18-21)33-34(32-26)28-20-24(30(2,3)22-12-8-6-9-13-22)19-25(29(28)35)31(4,5)23-14-10-7-11-15-23/h6-20,35H,1-5H3. The molecule has 4 nitrogen and oxygen atoms in total. The van der Waals surface area contributed by atoms with E-state index in [2.05, 4.69) is 70.2 Å². The average Bonchev–Trinajstić information content (AvgIpc) is 3.28. The number of nitrogens with zero attached hydrogens (tertiary/aromatic N) is 3. The molecule has 0 fully saturated rings. The second-order valence-electron chi connectivity index (χ2n) is 10.4. The van der Waals surface area contributed by atoms with Gasteiger partial charge in [0.05, 0.1) is 0 Å². The fourth-order valence-electron chi connectivity index (χ4n) is 4.77. The van der Waals surface area contributed by atoms with E-state index in [0.717, 1.165) is 33.3 Å². The van der Waals surface area contributed by atoms with Crippen LogP contribution in [0.2, 0.25) is 0 Å². The molecule has 0 spiro atoms. The van der Waals surface area contributed by atoms with Crippen LogP contribution in [0.5, 0.6) is 5.75 Å². The van der Waals surface area contributed by atoms with E-state index in [1.54, 1.807) is 4.80 Å². The normalized spacial score (nSPS) is 12.3. The van der Waals surface area contributed by atoms with Gasteiger partial charge in [-0.05, 0) is 47.4 Å². The molecule has 0 aliphatic rings. The lowest BCUT2D eigenvalue weighted by atomic mass is 9.72. The Kier molecular flexibility index (Phi) is 5.47. The van der Waals surface area contributed by atoms with Crippen LogP contribution in [0.15, 0.2) is 91.0 Å². The van der Waals surface area contributed by atoms with Crippen molar-refractivity contribution in [1.82, 2.24) is 15.0 Å². The predicted octanol–water partition coefficient (Wildman–Crippen LogP) is 7.09. The summed E-state index contributed by atoms with van der Waals surface area (Å²) in [5, 5.41) is 21.1. The molecule has 0 saturated carbocycles. The van der Waals surface area contributed by atoms with Crippen LogP contribution in [-0.2, 0) is 10.8 Å². The highest BCUT2D eigenvalue weighted by molar-refractivity contribution is 5.75. The van der Waals surface area contributed by atoms with E-state index in [4.69, 9.17) is 10.2 Å². The largest absolute Gasteiger partial charge is 0.505 e. The number of aromatic hydroxyl groups is 1. The van der Waals surface area contributed by atoms with E-state index >= 15 is 0 Å². The Morgan fingerprint density at radius 3 is 1.83 bits per heavy atom. The van der Waals surface area contributed by atoms with Gasteiger partial charge in [0.1, 0.15) is 22.5 Å². The number of fused-ring (bicyclic) bond motifs is 1. The van der Waals surface area contributed by atoms with Crippen LogP contribution >= 0.6 is 0 Å². The Balaban J connectivity index is 1.78. The quantitative estimate of drug-likeness (QED) is 0.304. The smallest absolute Gasteiger partial charge is 0.147 e. The predicted molar refractivity (Wildman–Crippen MR) is 142 cm³/mol. The molecule has 35 heavy (non-hydrogen) atoms. The van der Waals surface area contributed by atoms with Crippen molar-refractivity contribution in [2.75, 3.05) is 0 Å². The monoisotopic (exact) mass is 461 g/mol. The van der Waals surface area contributed by atoms with E-state index in [0.29, 0.717) is 5.69 Å². The minimum Gasteiger partial charge on any atom is -0.505 e. The topological polar surface area (TPSA) is 50.9 Å². The van der Waals surface area contributed by atoms with E-state index in [9.17, 15) is 5.11 Å². The zero-order valence-corrected chi connectivity index (χ0v) is 20.9. The second-order valence-corrected chi connectivity index (χ2v) is 10.4. The number of benzene rings is 4. The lowest BCUT2D eigenvalue weighted by Gasteiger charge is -2.32. The fraction of sp³-hybridized carbons (Fsp3) is 0.226. The maximum atomic E-state index is 11.7. The molecule has 4 aromatic carbocycles. The van der Waals surface area contributed by atoms with Crippen molar-refractivity contribution in [1.29, 1.82) is 0 Å². The number of hydrogen-bond donors (Lipinski definition) is 1. The first-order chi connectivity index (χ1) is 16.7. The lowest BCUT2D eigenvalue weighted by Crippen LogP contribution is -2.24. The molecule has 0 unspecified atom stereocenters. The maximum absolute atomic E-state index is 11.7. The molecule has 0 radical (unpaired) electrons. The fourth-order valence-corrected chi connectivity index (χ4v) is 4.77. The average molecular weight is 462 g/mol. The molecule has 176 valence electrons. The number of aromatic nitrogens is 3. The van der Waals surface area contributed by atoms with E-state index in [-0.39, 0.29) is 11.2 Å². The van der Waals surface area contributed by atoms with Crippen LogP contribution in [0.1, 0.15) is 55.5 Å². The van der Waals surface area contributed by atoms with Crippen molar-refractivity contribution in [3.8, 4) is 11.4 Å². The Morgan fingerprint density at radius 1 is 0.629 bits per heavy atom. The first-order valence-corrected chi connectivity index (χ1v) is 12.0. The summed E-state index contributed by atoms with van der Waals surface area (Å²) in [4.78, 5) is 1.58. The van der Waals surface area contributed by atoms with Crippen LogP contribution in [0.4, 0.5) is 0 Å². The van der Waals surface area contributed by atoms with Crippen molar-refractivity contribution in [3.63, 3.8) is 0 Å². The molecule has 0 bridgehead atoms. The highest BCUT2D eigenvalue weighted by Gasteiger charge is 2.32. The summed E-state index contributed by atoms with van der Waals surface area (Å²) in [5.41, 5.74) is 6.84. The molecule has 0 atom stereocenters. The maximum Gasteiger partial charge on any atom is 0.147 e. The molecule has 1 aromatic heterocycles. The van der Waals surface area contributed by atoms with Crippen LogP contribution in [-0.4, -0.2) is 20.1 Å². The Labute approximate surface area is 206 Å². The molecule has 0 amide bonds. The molecular formula is C31H31N3O. The summed E-state index contributed by atoms with van der Waals surface area (Å²) in [5.74, 6) is 0.198. The summed E-state index contributed by atoms with van der Waals surface area (Å²) in [6.45, 7) is 10.8. The minimum atomic E-state index is -0.438. The molecule has 5 rings (SSSR count). The van der Waals surface area contributed by atoms with Gasteiger partial charge in [-0.15, -0.1) is 15.0 Å². The molecular weight excluding hydrogens is 430 g/mol. The third-order valence-corrected chi connectivity index (χ3v) is 7.23. The highest BCUT2D eigenvalue weighted by atomic mass is 16.3. The van der Waals surface area contributed by atoms with Crippen molar-refractivity contribution in [3.05, 3.63) is 119 Å². The van der Waals surface area contributed by atoms with E-state index in [1.807, 2.05) is 55.5 Å².